The number of anilines is 4. The van der Waals surface area contributed by atoms with Crippen molar-refractivity contribution in [2.75, 3.05) is 35.2 Å². The maximum absolute atomic E-state index is 11.3. The Kier molecular flexibility index (Phi) is 3.99. The molecule has 0 bridgehead atoms. The van der Waals surface area contributed by atoms with Crippen LogP contribution in [0.5, 0.6) is 5.75 Å². The van der Waals surface area contributed by atoms with E-state index < -0.39 is 0 Å². The van der Waals surface area contributed by atoms with Gasteiger partial charge in [0.25, 0.3) is 5.91 Å². The van der Waals surface area contributed by atoms with Gasteiger partial charge in [-0.25, -0.2) is 0 Å². The van der Waals surface area contributed by atoms with E-state index in [0.29, 0.717) is 5.75 Å². The van der Waals surface area contributed by atoms with Crippen molar-refractivity contribution in [2.45, 2.75) is 19.3 Å². The zero-order chi connectivity index (χ0) is 16.4. The fourth-order valence-electron chi connectivity index (χ4n) is 3.23. The predicted octanol–water partition coefficient (Wildman–Crippen LogP) is 3.75. The standard InChI is InChI=1S/C19H21N3O2/c23-19-13-24-18-12-15(6-9-17(18)21-19)20-14-4-7-16(8-5-14)22-10-2-1-3-11-22/h4-9,12,20H,1-3,10-11,13H2,(H,21,23). The molecule has 1 amide bonds. The highest BCUT2D eigenvalue weighted by Crippen LogP contribution is 2.32. The van der Waals surface area contributed by atoms with Gasteiger partial charge in [0.2, 0.25) is 0 Å². The van der Waals surface area contributed by atoms with Crippen LogP contribution in [0.15, 0.2) is 42.5 Å². The zero-order valence-corrected chi connectivity index (χ0v) is 13.5. The van der Waals surface area contributed by atoms with Crippen LogP contribution in [-0.2, 0) is 4.79 Å². The van der Waals surface area contributed by atoms with Crippen LogP contribution in [-0.4, -0.2) is 25.6 Å². The molecule has 0 unspecified atom stereocenters. The van der Waals surface area contributed by atoms with Gasteiger partial charge in [0, 0.05) is 36.2 Å². The Morgan fingerprint density at radius 1 is 0.958 bits per heavy atom. The third-order valence-corrected chi connectivity index (χ3v) is 4.49. The Labute approximate surface area is 141 Å². The number of piperidine rings is 1. The van der Waals surface area contributed by atoms with Gasteiger partial charge >= 0.3 is 0 Å². The molecule has 2 aliphatic rings. The fraction of sp³-hybridized carbons (Fsp3) is 0.316. The topological polar surface area (TPSA) is 53.6 Å². The van der Waals surface area contributed by atoms with Gasteiger partial charge in [0.15, 0.2) is 6.61 Å². The Morgan fingerprint density at radius 2 is 1.71 bits per heavy atom. The first-order chi connectivity index (χ1) is 11.8. The van der Waals surface area contributed by atoms with E-state index in [-0.39, 0.29) is 12.5 Å². The Morgan fingerprint density at radius 3 is 2.50 bits per heavy atom. The van der Waals surface area contributed by atoms with Crippen molar-refractivity contribution in [3.63, 3.8) is 0 Å². The van der Waals surface area contributed by atoms with E-state index in [1.807, 2.05) is 18.2 Å². The van der Waals surface area contributed by atoms with Crippen molar-refractivity contribution in [1.29, 1.82) is 0 Å². The molecule has 0 aromatic heterocycles. The van der Waals surface area contributed by atoms with Crippen LogP contribution in [0.1, 0.15) is 19.3 Å². The van der Waals surface area contributed by atoms with Gasteiger partial charge in [-0.05, 0) is 55.7 Å². The SMILES string of the molecule is O=C1COc2cc(Nc3ccc(N4CCCCC4)cc3)ccc2N1. The molecule has 0 aliphatic carbocycles. The number of fused-ring (bicyclic) bond motifs is 1. The largest absolute Gasteiger partial charge is 0.482 e. The number of ether oxygens (including phenoxy) is 1. The van der Waals surface area contributed by atoms with Crippen molar-refractivity contribution in [3.8, 4) is 5.75 Å². The smallest absolute Gasteiger partial charge is 0.262 e. The molecule has 0 radical (unpaired) electrons. The van der Waals surface area contributed by atoms with Gasteiger partial charge in [-0.3, -0.25) is 4.79 Å². The number of hydrogen-bond donors (Lipinski definition) is 2. The summed E-state index contributed by atoms with van der Waals surface area (Å²) in [5, 5.41) is 6.18. The molecule has 5 heteroatoms. The molecule has 1 saturated heterocycles. The second-order valence-corrected chi connectivity index (χ2v) is 6.27. The quantitative estimate of drug-likeness (QED) is 0.903. The van der Waals surface area contributed by atoms with E-state index in [4.69, 9.17) is 4.74 Å². The molecule has 2 N–H and O–H groups in total. The summed E-state index contributed by atoms with van der Waals surface area (Å²) in [5.41, 5.74) is 3.99. The summed E-state index contributed by atoms with van der Waals surface area (Å²) in [6.07, 6.45) is 3.91. The molecule has 124 valence electrons. The van der Waals surface area contributed by atoms with Gasteiger partial charge in [-0.1, -0.05) is 0 Å². The first-order valence-electron chi connectivity index (χ1n) is 8.47. The molecular weight excluding hydrogens is 302 g/mol. The number of carbonyl (C=O) groups excluding carboxylic acids is 1. The molecular formula is C19H21N3O2. The summed E-state index contributed by atoms with van der Waals surface area (Å²) in [6, 6.07) is 14.3. The van der Waals surface area contributed by atoms with E-state index in [2.05, 4.69) is 39.8 Å². The summed E-state index contributed by atoms with van der Waals surface area (Å²) in [7, 11) is 0. The molecule has 0 spiro atoms. The number of amides is 1. The average Bonchev–Trinajstić information content (AvgIpc) is 2.63. The molecule has 2 aromatic carbocycles. The summed E-state index contributed by atoms with van der Waals surface area (Å²) < 4.78 is 5.45. The molecule has 2 heterocycles. The van der Waals surface area contributed by atoms with Crippen molar-refractivity contribution in [3.05, 3.63) is 42.5 Å². The van der Waals surface area contributed by atoms with Gasteiger partial charge in [-0.15, -0.1) is 0 Å². The second kappa shape index (κ2) is 6.43. The van der Waals surface area contributed by atoms with E-state index in [1.165, 1.54) is 24.9 Å². The van der Waals surface area contributed by atoms with E-state index in [9.17, 15) is 4.79 Å². The van der Waals surface area contributed by atoms with Crippen LogP contribution in [0.2, 0.25) is 0 Å². The average molecular weight is 323 g/mol. The minimum absolute atomic E-state index is 0.0704. The van der Waals surface area contributed by atoms with Crippen molar-refractivity contribution in [1.82, 2.24) is 0 Å². The molecule has 0 atom stereocenters. The third-order valence-electron chi connectivity index (χ3n) is 4.49. The second-order valence-electron chi connectivity index (χ2n) is 6.27. The van der Waals surface area contributed by atoms with Crippen molar-refractivity contribution in [2.24, 2.45) is 0 Å². The monoisotopic (exact) mass is 323 g/mol. The van der Waals surface area contributed by atoms with Crippen molar-refractivity contribution >= 4 is 28.7 Å². The number of carbonyl (C=O) groups is 1. The maximum Gasteiger partial charge on any atom is 0.262 e. The molecule has 5 nitrogen and oxygen atoms in total. The highest BCUT2D eigenvalue weighted by atomic mass is 16.5. The predicted molar refractivity (Wildman–Crippen MR) is 96.4 cm³/mol. The maximum atomic E-state index is 11.3. The number of nitrogens with zero attached hydrogens (tertiary/aromatic N) is 1. The van der Waals surface area contributed by atoms with Crippen LogP contribution >= 0.6 is 0 Å². The van der Waals surface area contributed by atoms with Crippen LogP contribution in [0.4, 0.5) is 22.7 Å². The van der Waals surface area contributed by atoms with Gasteiger partial charge in [0.1, 0.15) is 5.75 Å². The van der Waals surface area contributed by atoms with Crippen molar-refractivity contribution < 1.29 is 9.53 Å². The molecule has 4 rings (SSSR count). The first kappa shape index (κ1) is 14.9. The van der Waals surface area contributed by atoms with Gasteiger partial charge < -0.3 is 20.3 Å². The first-order valence-corrected chi connectivity index (χ1v) is 8.47. The lowest BCUT2D eigenvalue weighted by Crippen LogP contribution is -2.29. The normalized spacial score (nSPS) is 16.8. The van der Waals surface area contributed by atoms with Crippen LogP contribution < -0.4 is 20.3 Å². The molecule has 1 fully saturated rings. The molecule has 2 aromatic rings. The van der Waals surface area contributed by atoms with Crippen LogP contribution in [0.25, 0.3) is 0 Å². The number of nitrogens with one attached hydrogen (secondary N) is 2. The fourth-order valence-corrected chi connectivity index (χ4v) is 3.23. The zero-order valence-electron chi connectivity index (χ0n) is 13.5. The number of benzene rings is 2. The summed E-state index contributed by atoms with van der Waals surface area (Å²) >= 11 is 0. The Bertz CT molecular complexity index is 737. The van der Waals surface area contributed by atoms with Gasteiger partial charge in [-0.2, -0.15) is 0 Å². The molecule has 24 heavy (non-hydrogen) atoms. The van der Waals surface area contributed by atoms with E-state index in [1.54, 1.807) is 0 Å². The van der Waals surface area contributed by atoms with E-state index >= 15 is 0 Å². The van der Waals surface area contributed by atoms with Crippen LogP contribution in [0.3, 0.4) is 0 Å². The molecule has 2 aliphatic heterocycles. The number of rotatable bonds is 3. The summed E-state index contributed by atoms with van der Waals surface area (Å²) in [4.78, 5) is 13.8. The van der Waals surface area contributed by atoms with Crippen LogP contribution in [0, 0.1) is 0 Å². The highest BCUT2D eigenvalue weighted by Gasteiger charge is 2.16. The highest BCUT2D eigenvalue weighted by molar-refractivity contribution is 5.95. The van der Waals surface area contributed by atoms with E-state index in [0.717, 1.165) is 30.2 Å². The molecule has 0 saturated carbocycles. The Hall–Kier alpha value is -2.69. The lowest BCUT2D eigenvalue weighted by Gasteiger charge is -2.28. The lowest BCUT2D eigenvalue weighted by molar-refractivity contribution is -0.118. The minimum atomic E-state index is -0.114. The Balaban J connectivity index is 1.46. The summed E-state index contributed by atoms with van der Waals surface area (Å²) in [6.45, 7) is 2.38. The number of hydrogen-bond acceptors (Lipinski definition) is 4. The summed E-state index contributed by atoms with van der Waals surface area (Å²) in [5.74, 6) is 0.584. The third kappa shape index (κ3) is 3.15. The lowest BCUT2D eigenvalue weighted by atomic mass is 10.1. The van der Waals surface area contributed by atoms with Gasteiger partial charge in [0.05, 0.1) is 5.69 Å². The minimum Gasteiger partial charge on any atom is -0.482 e.